The van der Waals surface area contributed by atoms with E-state index in [1.807, 2.05) is 18.2 Å². The molecule has 0 radical (unpaired) electrons. The second-order valence-electron chi connectivity index (χ2n) is 11.2. The van der Waals surface area contributed by atoms with Gasteiger partial charge in [-0.05, 0) is 62.2 Å². The van der Waals surface area contributed by atoms with Crippen LogP contribution in [-0.4, -0.2) is 106 Å². The number of carbonyl (C=O) groups excluding carboxylic acids is 1. The molecule has 43 heavy (non-hydrogen) atoms. The number of nitriles is 1. The monoisotopic (exact) mass is 584 g/mol. The Morgan fingerprint density at radius 3 is 2.60 bits per heavy atom. The van der Waals surface area contributed by atoms with Gasteiger partial charge >= 0.3 is 0 Å². The zero-order chi connectivity index (χ0) is 29.8. The molecular weight excluding hydrogens is 548 g/mol. The summed E-state index contributed by atoms with van der Waals surface area (Å²) in [5.41, 5.74) is 3.06. The van der Waals surface area contributed by atoms with Gasteiger partial charge in [0.15, 0.2) is 5.82 Å². The van der Waals surface area contributed by atoms with Gasteiger partial charge in [-0.15, -0.1) is 0 Å². The zero-order valence-corrected chi connectivity index (χ0v) is 24.2. The third-order valence-corrected chi connectivity index (χ3v) is 8.21. The number of ether oxygens (including phenoxy) is 2. The van der Waals surface area contributed by atoms with E-state index in [4.69, 9.17) is 9.47 Å². The first-order chi connectivity index (χ1) is 21.0. The lowest BCUT2D eigenvalue weighted by molar-refractivity contribution is -0.141. The molecule has 3 aliphatic rings. The average Bonchev–Trinajstić information content (AvgIpc) is 3.01. The molecule has 3 fully saturated rings. The number of amides is 1. The third-order valence-electron chi connectivity index (χ3n) is 8.21. The Bertz CT molecular complexity index is 1470. The fourth-order valence-electron chi connectivity index (χ4n) is 5.70. The van der Waals surface area contributed by atoms with E-state index in [1.54, 1.807) is 17.0 Å². The summed E-state index contributed by atoms with van der Waals surface area (Å²) in [6.45, 7) is 8.22. The summed E-state index contributed by atoms with van der Waals surface area (Å²) < 4.78 is 11.5. The lowest BCUT2D eigenvalue weighted by Gasteiger charge is -2.43. The summed E-state index contributed by atoms with van der Waals surface area (Å²) in [7, 11) is 0. The number of nitrogens with zero attached hydrogens (tertiary/aromatic N) is 7. The van der Waals surface area contributed by atoms with Crippen LogP contribution < -0.4 is 15.0 Å². The van der Waals surface area contributed by atoms with E-state index >= 15 is 0 Å². The molecule has 3 aromatic rings. The number of likely N-dealkylation sites (tertiary alicyclic amines) is 1. The van der Waals surface area contributed by atoms with Gasteiger partial charge in [0, 0.05) is 49.7 Å². The van der Waals surface area contributed by atoms with Crippen molar-refractivity contribution in [2.24, 2.45) is 0 Å². The first-order valence-electron chi connectivity index (χ1n) is 14.8. The van der Waals surface area contributed by atoms with Gasteiger partial charge in [0.2, 0.25) is 5.95 Å². The second-order valence-corrected chi connectivity index (χ2v) is 11.2. The highest BCUT2D eigenvalue weighted by atomic mass is 16.5. The summed E-state index contributed by atoms with van der Waals surface area (Å²) in [5, 5.41) is 22.8. The second kappa shape index (κ2) is 12.9. The maximum absolute atomic E-state index is 12.2. The molecule has 12 nitrogen and oxygen atoms in total. The van der Waals surface area contributed by atoms with Crippen molar-refractivity contribution in [1.29, 1.82) is 5.26 Å². The Balaban J connectivity index is 1.08. The predicted molar refractivity (Wildman–Crippen MR) is 160 cm³/mol. The standard InChI is InChI=1S/C31H36N8O4/c1-21(40)30(41)39-10-2-3-27(17-39)43-28-9-4-22(15-23(28)16-32)29-33-20-34-31(36-29)35-24-5-7-25(8-6-24)37-11-13-38(14-12-37)26-18-42-19-26/h4-9,15,20-21,26-27,40H,2-3,10-14,17-19H2,1H3,(H,33,34,35,36). The van der Waals surface area contributed by atoms with Crippen molar-refractivity contribution in [1.82, 2.24) is 24.8 Å². The number of piperidine rings is 1. The van der Waals surface area contributed by atoms with Gasteiger partial charge in [-0.2, -0.15) is 10.2 Å². The van der Waals surface area contributed by atoms with Crippen molar-refractivity contribution in [3.8, 4) is 23.2 Å². The highest BCUT2D eigenvalue weighted by Crippen LogP contribution is 2.28. The number of benzene rings is 2. The molecule has 2 N–H and O–H groups in total. The Labute approximate surface area is 250 Å². The number of nitrogens with one attached hydrogen (secondary N) is 1. The molecule has 1 amide bonds. The van der Waals surface area contributed by atoms with Crippen molar-refractivity contribution in [2.45, 2.75) is 38.0 Å². The van der Waals surface area contributed by atoms with E-state index in [9.17, 15) is 15.2 Å². The molecule has 0 aliphatic carbocycles. The molecule has 4 heterocycles. The molecule has 2 unspecified atom stereocenters. The lowest BCUT2D eigenvalue weighted by atomic mass is 10.1. The quantitative estimate of drug-likeness (QED) is 0.403. The maximum Gasteiger partial charge on any atom is 0.251 e. The van der Waals surface area contributed by atoms with Gasteiger partial charge in [-0.25, -0.2) is 9.97 Å². The molecule has 3 aliphatic heterocycles. The molecule has 224 valence electrons. The van der Waals surface area contributed by atoms with Gasteiger partial charge in [-0.3, -0.25) is 9.69 Å². The minimum absolute atomic E-state index is 0.263. The van der Waals surface area contributed by atoms with Crippen LogP contribution in [0.2, 0.25) is 0 Å². The van der Waals surface area contributed by atoms with Crippen molar-refractivity contribution >= 4 is 23.2 Å². The molecule has 0 saturated carbocycles. The molecule has 1 aromatic heterocycles. The lowest BCUT2D eigenvalue weighted by Crippen LogP contribution is -2.56. The van der Waals surface area contributed by atoms with Crippen LogP contribution in [0, 0.1) is 11.3 Å². The van der Waals surface area contributed by atoms with Crippen LogP contribution in [0.25, 0.3) is 11.4 Å². The van der Waals surface area contributed by atoms with Gasteiger partial charge in [0.05, 0.1) is 31.4 Å². The first kappa shape index (κ1) is 28.8. The highest BCUT2D eigenvalue weighted by Gasteiger charge is 2.29. The average molecular weight is 585 g/mol. The number of aromatic nitrogens is 3. The summed E-state index contributed by atoms with van der Waals surface area (Å²) in [4.78, 5) is 31.9. The van der Waals surface area contributed by atoms with Crippen molar-refractivity contribution in [3.63, 3.8) is 0 Å². The number of hydrogen-bond donors (Lipinski definition) is 2. The molecule has 3 saturated heterocycles. The smallest absolute Gasteiger partial charge is 0.251 e. The number of rotatable bonds is 8. The fourth-order valence-corrected chi connectivity index (χ4v) is 5.70. The number of carbonyl (C=O) groups is 1. The Kier molecular flexibility index (Phi) is 8.64. The van der Waals surface area contributed by atoms with Crippen molar-refractivity contribution < 1.29 is 19.4 Å². The first-order valence-corrected chi connectivity index (χ1v) is 14.8. The Morgan fingerprint density at radius 2 is 1.91 bits per heavy atom. The fraction of sp³-hybridized carbons (Fsp3) is 0.452. The van der Waals surface area contributed by atoms with Crippen LogP contribution in [0.15, 0.2) is 48.8 Å². The van der Waals surface area contributed by atoms with Crippen LogP contribution in [0.5, 0.6) is 5.75 Å². The number of hydrogen-bond acceptors (Lipinski definition) is 11. The largest absolute Gasteiger partial charge is 0.487 e. The van der Waals surface area contributed by atoms with Gasteiger partial charge in [0.1, 0.15) is 30.4 Å². The van der Waals surface area contributed by atoms with Crippen LogP contribution in [0.1, 0.15) is 25.3 Å². The SMILES string of the molecule is CC(O)C(=O)N1CCCC(Oc2ccc(-c3ncnc(Nc4ccc(N5CCN(C6COC6)CC5)cc4)n3)cc2C#N)C1. The van der Waals surface area contributed by atoms with Crippen LogP contribution >= 0.6 is 0 Å². The van der Waals surface area contributed by atoms with E-state index in [0.717, 1.165) is 57.9 Å². The van der Waals surface area contributed by atoms with Gasteiger partial charge in [0.25, 0.3) is 5.91 Å². The third kappa shape index (κ3) is 6.69. The Hall–Kier alpha value is -4.31. The molecule has 12 heteroatoms. The van der Waals surface area contributed by atoms with Crippen molar-refractivity contribution in [3.05, 3.63) is 54.4 Å². The van der Waals surface area contributed by atoms with E-state index in [2.05, 4.69) is 48.3 Å². The van der Waals surface area contributed by atoms with Crippen LogP contribution in [0.4, 0.5) is 17.3 Å². The van der Waals surface area contributed by atoms with Crippen LogP contribution in [-0.2, 0) is 9.53 Å². The number of aliphatic hydroxyl groups excluding tert-OH is 1. The summed E-state index contributed by atoms with van der Waals surface area (Å²) >= 11 is 0. The normalized spacial score (nSPS) is 20.2. The highest BCUT2D eigenvalue weighted by molar-refractivity contribution is 5.80. The molecule has 0 spiro atoms. The van der Waals surface area contributed by atoms with Crippen molar-refractivity contribution in [2.75, 3.05) is 62.7 Å². The molecule has 6 rings (SSSR count). The number of aliphatic hydroxyl groups is 1. The summed E-state index contributed by atoms with van der Waals surface area (Å²) in [6.07, 6.45) is 1.65. The topological polar surface area (TPSA) is 140 Å². The predicted octanol–water partition coefficient (Wildman–Crippen LogP) is 2.43. The van der Waals surface area contributed by atoms with Gasteiger partial charge in [-0.1, -0.05) is 0 Å². The molecule has 0 bridgehead atoms. The van der Waals surface area contributed by atoms with E-state index in [0.29, 0.717) is 47.8 Å². The maximum atomic E-state index is 12.2. The van der Waals surface area contributed by atoms with Crippen LogP contribution in [0.3, 0.4) is 0 Å². The van der Waals surface area contributed by atoms with Gasteiger partial charge < -0.3 is 29.7 Å². The summed E-state index contributed by atoms with van der Waals surface area (Å²) in [5.74, 6) is 0.956. The molecule has 2 aromatic carbocycles. The number of anilines is 3. The number of piperazine rings is 1. The van der Waals surface area contributed by atoms with E-state index in [1.165, 1.54) is 18.9 Å². The minimum atomic E-state index is -1.05. The zero-order valence-electron chi connectivity index (χ0n) is 24.2. The van der Waals surface area contributed by atoms with E-state index < -0.39 is 6.10 Å². The molecular formula is C31H36N8O4. The minimum Gasteiger partial charge on any atom is -0.487 e. The molecule has 2 atom stereocenters. The van der Waals surface area contributed by atoms with E-state index in [-0.39, 0.29) is 12.0 Å². The Morgan fingerprint density at radius 1 is 1.12 bits per heavy atom. The summed E-state index contributed by atoms with van der Waals surface area (Å²) in [6, 6.07) is 16.3.